The maximum Gasteiger partial charge on any atom is 0.108 e. The zero-order valence-corrected chi connectivity index (χ0v) is 10.0. The lowest BCUT2D eigenvalue weighted by molar-refractivity contribution is 0.0854. The molecule has 0 bridgehead atoms. The van der Waals surface area contributed by atoms with E-state index in [1.165, 1.54) is 0 Å². The average molecular weight is 210 g/mol. The zero-order valence-electron chi connectivity index (χ0n) is 10.0. The average Bonchev–Trinajstić information content (AvgIpc) is 2.26. The topological polar surface area (TPSA) is 42.3 Å². The van der Waals surface area contributed by atoms with E-state index in [0.29, 0.717) is 6.04 Å². The van der Waals surface area contributed by atoms with Gasteiger partial charge in [0.15, 0.2) is 0 Å². The number of hydrogen-bond donors (Lipinski definition) is 1. The van der Waals surface area contributed by atoms with E-state index in [0.717, 1.165) is 32.7 Å². The molecule has 4 nitrogen and oxygen atoms in total. The molecular weight excluding hydrogens is 188 g/mol. The fourth-order valence-corrected chi connectivity index (χ4v) is 2.16. The van der Waals surface area contributed by atoms with Gasteiger partial charge in [-0.05, 0) is 20.5 Å². The molecule has 0 radical (unpaired) electrons. The van der Waals surface area contributed by atoms with Crippen LogP contribution in [0.15, 0.2) is 0 Å². The van der Waals surface area contributed by atoms with Crippen LogP contribution in [0, 0.1) is 11.3 Å². The lowest BCUT2D eigenvalue weighted by Gasteiger charge is -2.39. The van der Waals surface area contributed by atoms with E-state index in [2.05, 4.69) is 35.0 Å². The number of hydrogen-bond acceptors (Lipinski definition) is 4. The summed E-state index contributed by atoms with van der Waals surface area (Å²) >= 11 is 0. The highest BCUT2D eigenvalue weighted by Gasteiger charge is 2.23. The van der Waals surface area contributed by atoms with Gasteiger partial charge < -0.3 is 5.32 Å². The second-order valence-corrected chi connectivity index (χ2v) is 4.21. The molecule has 0 saturated carbocycles. The minimum absolute atomic E-state index is 0.0367. The summed E-state index contributed by atoms with van der Waals surface area (Å²) in [6.45, 7) is 9.72. The summed E-state index contributed by atoms with van der Waals surface area (Å²) < 4.78 is 0. The van der Waals surface area contributed by atoms with Gasteiger partial charge in [0.05, 0.1) is 6.07 Å². The van der Waals surface area contributed by atoms with Crippen LogP contribution in [0.3, 0.4) is 0 Å². The third-order valence-corrected chi connectivity index (χ3v) is 3.20. The van der Waals surface area contributed by atoms with Gasteiger partial charge in [-0.2, -0.15) is 5.26 Å². The first kappa shape index (κ1) is 12.4. The summed E-state index contributed by atoms with van der Waals surface area (Å²) in [5.41, 5.74) is 0. The first-order valence-electron chi connectivity index (χ1n) is 5.74. The van der Waals surface area contributed by atoms with Crippen molar-refractivity contribution in [1.29, 1.82) is 5.26 Å². The molecule has 15 heavy (non-hydrogen) atoms. The molecule has 1 fully saturated rings. The van der Waals surface area contributed by atoms with Crippen LogP contribution in [-0.4, -0.2) is 61.7 Å². The van der Waals surface area contributed by atoms with Crippen LogP contribution in [0.5, 0.6) is 0 Å². The van der Waals surface area contributed by atoms with E-state index < -0.39 is 0 Å². The third kappa shape index (κ3) is 3.45. The second kappa shape index (κ2) is 6.06. The molecule has 0 amide bonds. The van der Waals surface area contributed by atoms with Gasteiger partial charge in [0.25, 0.3) is 0 Å². The molecule has 0 aromatic heterocycles. The van der Waals surface area contributed by atoms with E-state index >= 15 is 0 Å². The van der Waals surface area contributed by atoms with Crippen LogP contribution < -0.4 is 5.32 Å². The molecule has 0 aromatic rings. The van der Waals surface area contributed by atoms with Crippen molar-refractivity contribution < 1.29 is 0 Å². The first-order chi connectivity index (χ1) is 7.21. The van der Waals surface area contributed by atoms with Crippen molar-refractivity contribution in [1.82, 2.24) is 15.1 Å². The van der Waals surface area contributed by atoms with Crippen LogP contribution in [0.2, 0.25) is 0 Å². The summed E-state index contributed by atoms with van der Waals surface area (Å²) in [6.07, 6.45) is 0. The van der Waals surface area contributed by atoms with Crippen molar-refractivity contribution in [3.8, 4) is 6.07 Å². The van der Waals surface area contributed by atoms with Crippen molar-refractivity contribution >= 4 is 0 Å². The van der Waals surface area contributed by atoms with Gasteiger partial charge in [-0.3, -0.25) is 9.80 Å². The van der Waals surface area contributed by atoms with Crippen molar-refractivity contribution in [2.24, 2.45) is 0 Å². The molecule has 0 spiro atoms. The van der Waals surface area contributed by atoms with Gasteiger partial charge in [0.1, 0.15) is 6.04 Å². The standard InChI is InChI=1S/C11H22N4/c1-4-15-6-5-14(8-10(15)2)9-11(7-12)13-3/h10-11,13H,4-6,8-9H2,1-3H3. The number of nitriles is 1. The molecule has 86 valence electrons. The van der Waals surface area contributed by atoms with Gasteiger partial charge in [0.2, 0.25) is 0 Å². The Kier molecular flexibility index (Phi) is 5.03. The van der Waals surface area contributed by atoms with Gasteiger partial charge >= 0.3 is 0 Å². The summed E-state index contributed by atoms with van der Waals surface area (Å²) in [6, 6.07) is 2.85. The molecule has 1 aliphatic rings. The SMILES string of the molecule is CCN1CCN(CC(C#N)NC)CC1C. The first-order valence-corrected chi connectivity index (χ1v) is 5.74. The summed E-state index contributed by atoms with van der Waals surface area (Å²) in [5.74, 6) is 0. The van der Waals surface area contributed by atoms with Crippen molar-refractivity contribution in [2.75, 3.05) is 39.8 Å². The van der Waals surface area contributed by atoms with E-state index in [1.807, 2.05) is 7.05 Å². The maximum atomic E-state index is 8.87. The Bertz CT molecular complexity index is 223. The Morgan fingerprint density at radius 2 is 2.27 bits per heavy atom. The summed E-state index contributed by atoms with van der Waals surface area (Å²) in [5, 5.41) is 11.9. The lowest BCUT2D eigenvalue weighted by atomic mass is 10.1. The number of rotatable bonds is 4. The second-order valence-electron chi connectivity index (χ2n) is 4.21. The molecule has 4 heteroatoms. The fourth-order valence-electron chi connectivity index (χ4n) is 2.16. The highest BCUT2D eigenvalue weighted by atomic mass is 15.3. The Morgan fingerprint density at radius 1 is 1.53 bits per heavy atom. The van der Waals surface area contributed by atoms with Crippen LogP contribution in [-0.2, 0) is 0 Å². The van der Waals surface area contributed by atoms with Gasteiger partial charge in [-0.25, -0.2) is 0 Å². The number of likely N-dealkylation sites (N-methyl/N-ethyl adjacent to an activating group) is 2. The highest BCUT2D eigenvalue weighted by molar-refractivity contribution is 4.92. The summed E-state index contributed by atoms with van der Waals surface area (Å²) in [4.78, 5) is 4.86. The number of piperazine rings is 1. The van der Waals surface area contributed by atoms with Crippen molar-refractivity contribution in [2.45, 2.75) is 25.9 Å². The highest BCUT2D eigenvalue weighted by Crippen LogP contribution is 2.08. The molecule has 1 rings (SSSR count). The van der Waals surface area contributed by atoms with Crippen LogP contribution in [0.25, 0.3) is 0 Å². The Labute approximate surface area is 92.8 Å². The van der Waals surface area contributed by atoms with E-state index in [9.17, 15) is 0 Å². The quantitative estimate of drug-likeness (QED) is 0.716. The minimum Gasteiger partial charge on any atom is -0.304 e. The predicted molar refractivity (Wildman–Crippen MR) is 61.6 cm³/mol. The van der Waals surface area contributed by atoms with Crippen LogP contribution >= 0.6 is 0 Å². The van der Waals surface area contributed by atoms with E-state index in [4.69, 9.17) is 5.26 Å². The molecule has 0 aromatic carbocycles. The monoisotopic (exact) mass is 210 g/mol. The molecule has 2 unspecified atom stereocenters. The molecule has 0 aliphatic carbocycles. The molecule has 2 atom stereocenters. The van der Waals surface area contributed by atoms with Crippen LogP contribution in [0.4, 0.5) is 0 Å². The third-order valence-electron chi connectivity index (χ3n) is 3.20. The molecular formula is C11H22N4. The number of nitrogens with zero attached hydrogens (tertiary/aromatic N) is 3. The lowest BCUT2D eigenvalue weighted by Crippen LogP contribution is -2.54. The smallest absolute Gasteiger partial charge is 0.108 e. The largest absolute Gasteiger partial charge is 0.304 e. The predicted octanol–water partition coefficient (Wildman–Crippen LogP) is 0.124. The zero-order chi connectivity index (χ0) is 11.3. The summed E-state index contributed by atoms with van der Waals surface area (Å²) in [7, 11) is 1.85. The molecule has 1 N–H and O–H groups in total. The van der Waals surface area contributed by atoms with Crippen molar-refractivity contribution in [3.05, 3.63) is 0 Å². The Morgan fingerprint density at radius 3 is 2.73 bits per heavy atom. The van der Waals surface area contributed by atoms with Crippen LogP contribution in [0.1, 0.15) is 13.8 Å². The van der Waals surface area contributed by atoms with Gasteiger partial charge in [0, 0.05) is 32.2 Å². The minimum atomic E-state index is -0.0367. The molecule has 1 aliphatic heterocycles. The number of nitrogens with one attached hydrogen (secondary N) is 1. The Balaban J connectivity index is 2.38. The molecule has 1 saturated heterocycles. The molecule has 1 heterocycles. The Hall–Kier alpha value is -0.630. The van der Waals surface area contributed by atoms with E-state index in [1.54, 1.807) is 0 Å². The van der Waals surface area contributed by atoms with Gasteiger partial charge in [-0.1, -0.05) is 6.92 Å². The van der Waals surface area contributed by atoms with Crippen molar-refractivity contribution in [3.63, 3.8) is 0 Å². The fraction of sp³-hybridized carbons (Fsp3) is 0.909. The normalized spacial score (nSPS) is 26.1. The van der Waals surface area contributed by atoms with E-state index in [-0.39, 0.29) is 6.04 Å². The van der Waals surface area contributed by atoms with Gasteiger partial charge in [-0.15, -0.1) is 0 Å². The maximum absolute atomic E-state index is 8.87.